The number of ether oxygens (including phenoxy) is 2. The van der Waals surface area contributed by atoms with Crippen LogP contribution in [0.25, 0.3) is 0 Å². The molecule has 28 heavy (non-hydrogen) atoms. The van der Waals surface area contributed by atoms with Crippen LogP contribution < -0.4 is 9.47 Å². The highest BCUT2D eigenvalue weighted by Gasteiger charge is 2.38. The Kier molecular flexibility index (Phi) is 6.61. The minimum absolute atomic E-state index is 0.167. The smallest absolute Gasteiger partial charge is 0.289 e. The number of nitrogens with zero attached hydrogens (tertiary/aromatic N) is 1. The van der Waals surface area contributed by atoms with Gasteiger partial charge in [-0.3, -0.25) is 14.5 Å². The zero-order chi connectivity index (χ0) is 20.3. The lowest BCUT2D eigenvalue weighted by Crippen LogP contribution is -2.31. The fourth-order valence-corrected chi connectivity index (χ4v) is 4.43. The molecule has 1 aliphatic rings. The topological polar surface area (TPSA) is 55.8 Å². The predicted molar refractivity (Wildman–Crippen MR) is 109 cm³/mol. The first-order valence-electron chi connectivity index (χ1n) is 8.68. The maximum Gasteiger partial charge on any atom is 0.289 e. The lowest BCUT2D eigenvalue weighted by molar-refractivity contribution is -0.126. The van der Waals surface area contributed by atoms with Crippen molar-refractivity contribution in [3.05, 3.63) is 57.8 Å². The maximum atomic E-state index is 13.0. The van der Waals surface area contributed by atoms with E-state index in [-0.39, 0.29) is 23.6 Å². The van der Waals surface area contributed by atoms with E-state index < -0.39 is 5.25 Å². The highest BCUT2D eigenvalue weighted by Crippen LogP contribution is 2.37. The summed E-state index contributed by atoms with van der Waals surface area (Å²) < 4.78 is 25.0. The van der Waals surface area contributed by atoms with Gasteiger partial charge in [0.1, 0.15) is 12.4 Å². The van der Waals surface area contributed by atoms with Crippen LogP contribution in [0.2, 0.25) is 0 Å². The van der Waals surface area contributed by atoms with Gasteiger partial charge in [-0.2, -0.15) is 0 Å². The van der Waals surface area contributed by atoms with Crippen molar-refractivity contribution in [3.63, 3.8) is 0 Å². The van der Waals surface area contributed by atoms with Gasteiger partial charge in [-0.15, -0.1) is 0 Å². The van der Waals surface area contributed by atoms with Crippen LogP contribution in [0.4, 0.5) is 9.18 Å². The minimum atomic E-state index is -0.445. The number of benzene rings is 2. The zero-order valence-electron chi connectivity index (χ0n) is 15.4. The molecule has 1 heterocycles. The van der Waals surface area contributed by atoms with Crippen LogP contribution in [0.1, 0.15) is 18.1 Å². The van der Waals surface area contributed by atoms with Gasteiger partial charge >= 0.3 is 0 Å². The molecule has 0 bridgehead atoms. The van der Waals surface area contributed by atoms with E-state index in [9.17, 15) is 14.0 Å². The molecule has 0 saturated carbocycles. The Bertz CT molecular complexity index is 891. The monoisotopic (exact) mass is 467 g/mol. The second-order valence-electron chi connectivity index (χ2n) is 6.17. The van der Waals surface area contributed by atoms with Gasteiger partial charge in [-0.05, 0) is 48.7 Å². The van der Waals surface area contributed by atoms with Gasteiger partial charge in [0.05, 0.1) is 12.4 Å². The number of hydrogen-bond acceptors (Lipinski definition) is 5. The van der Waals surface area contributed by atoms with Crippen molar-refractivity contribution in [2.45, 2.75) is 25.2 Å². The van der Waals surface area contributed by atoms with Crippen LogP contribution in [0, 0.1) is 5.82 Å². The summed E-state index contributed by atoms with van der Waals surface area (Å²) in [6, 6.07) is 9.66. The van der Waals surface area contributed by atoms with Crippen LogP contribution in [0.5, 0.6) is 11.5 Å². The van der Waals surface area contributed by atoms with Crippen LogP contribution in [0.15, 0.2) is 40.9 Å². The lowest BCUT2D eigenvalue weighted by atomic mass is 10.1. The molecule has 0 aliphatic carbocycles. The van der Waals surface area contributed by atoms with Gasteiger partial charge < -0.3 is 9.47 Å². The zero-order valence-corrected chi connectivity index (χ0v) is 17.8. The summed E-state index contributed by atoms with van der Waals surface area (Å²) >= 11 is 4.57. The van der Waals surface area contributed by atoms with Crippen molar-refractivity contribution in [3.8, 4) is 11.5 Å². The standard InChI is InChI=1S/C20H19BrFNO4S/c1-3-23-19(24)18(28-20(23)25)9-13-8-16(26-2)17(10-15(13)21)27-11-12-4-6-14(22)7-5-12/h4-8,10,18H,3,9,11H2,1-2H3/t18-/m1/s1. The van der Waals surface area contributed by atoms with Gasteiger partial charge in [-0.1, -0.05) is 39.8 Å². The summed E-state index contributed by atoms with van der Waals surface area (Å²) in [6.45, 7) is 2.42. The van der Waals surface area contributed by atoms with E-state index in [4.69, 9.17) is 9.47 Å². The van der Waals surface area contributed by atoms with E-state index >= 15 is 0 Å². The van der Waals surface area contributed by atoms with E-state index in [2.05, 4.69) is 15.9 Å². The van der Waals surface area contributed by atoms with Crippen molar-refractivity contribution >= 4 is 38.8 Å². The molecule has 0 spiro atoms. The third-order valence-electron chi connectivity index (χ3n) is 4.37. The van der Waals surface area contributed by atoms with Crippen molar-refractivity contribution in [2.24, 2.45) is 0 Å². The molecule has 8 heteroatoms. The Labute approximate surface area is 175 Å². The summed E-state index contributed by atoms with van der Waals surface area (Å²) in [5, 5.41) is -0.653. The van der Waals surface area contributed by atoms with E-state index in [0.717, 1.165) is 27.4 Å². The molecule has 1 aliphatic heterocycles. The fourth-order valence-electron chi connectivity index (χ4n) is 2.86. The molecular weight excluding hydrogens is 449 g/mol. The van der Waals surface area contributed by atoms with Gasteiger partial charge in [0.15, 0.2) is 11.5 Å². The number of carbonyl (C=O) groups excluding carboxylic acids is 2. The van der Waals surface area contributed by atoms with Gasteiger partial charge in [0.25, 0.3) is 5.24 Å². The molecule has 1 atom stereocenters. The van der Waals surface area contributed by atoms with Crippen molar-refractivity contribution in [2.75, 3.05) is 13.7 Å². The molecule has 0 aromatic heterocycles. The second-order valence-corrected chi connectivity index (χ2v) is 8.18. The predicted octanol–water partition coefficient (Wildman–Crippen LogP) is 4.80. The molecule has 0 unspecified atom stereocenters. The average Bonchev–Trinajstić information content (AvgIpc) is 2.95. The number of halogens is 2. The van der Waals surface area contributed by atoms with Gasteiger partial charge in [0, 0.05) is 11.0 Å². The van der Waals surface area contributed by atoms with Crippen LogP contribution in [-0.2, 0) is 17.8 Å². The molecule has 2 aromatic carbocycles. The molecule has 2 amide bonds. The number of hydrogen-bond donors (Lipinski definition) is 0. The van der Waals surface area contributed by atoms with Crippen LogP contribution in [0.3, 0.4) is 0 Å². The number of imide groups is 1. The van der Waals surface area contributed by atoms with Gasteiger partial charge in [-0.25, -0.2) is 4.39 Å². The maximum absolute atomic E-state index is 13.0. The summed E-state index contributed by atoms with van der Waals surface area (Å²) in [6.07, 6.45) is 0.404. The van der Waals surface area contributed by atoms with E-state index in [1.54, 1.807) is 31.2 Å². The van der Waals surface area contributed by atoms with Crippen LogP contribution in [-0.4, -0.2) is 35.0 Å². The molecule has 5 nitrogen and oxygen atoms in total. The first-order valence-corrected chi connectivity index (χ1v) is 10.4. The molecule has 0 N–H and O–H groups in total. The third-order valence-corrected chi connectivity index (χ3v) is 6.18. The van der Waals surface area contributed by atoms with Crippen molar-refractivity contribution in [1.29, 1.82) is 0 Å². The molecule has 1 fully saturated rings. The molecule has 148 valence electrons. The summed E-state index contributed by atoms with van der Waals surface area (Å²) in [5.41, 5.74) is 1.68. The quantitative estimate of drug-likeness (QED) is 0.585. The average molecular weight is 468 g/mol. The van der Waals surface area contributed by atoms with Crippen LogP contribution >= 0.6 is 27.7 Å². The highest BCUT2D eigenvalue weighted by atomic mass is 79.9. The third kappa shape index (κ3) is 4.50. The Balaban J connectivity index is 1.75. The van der Waals surface area contributed by atoms with E-state index in [0.29, 0.717) is 24.5 Å². The summed E-state index contributed by atoms with van der Waals surface area (Å²) in [5.74, 6) is 0.585. The largest absolute Gasteiger partial charge is 0.493 e. The van der Waals surface area contributed by atoms with E-state index in [1.807, 2.05) is 0 Å². The number of rotatable bonds is 7. The number of amides is 2. The molecule has 1 saturated heterocycles. The Morgan fingerprint density at radius 1 is 1.18 bits per heavy atom. The van der Waals surface area contributed by atoms with Crippen molar-refractivity contribution in [1.82, 2.24) is 4.90 Å². The first kappa shape index (κ1) is 20.7. The number of methoxy groups -OCH3 is 1. The van der Waals surface area contributed by atoms with Gasteiger partial charge in [0.2, 0.25) is 5.91 Å². The highest BCUT2D eigenvalue weighted by molar-refractivity contribution is 9.10. The minimum Gasteiger partial charge on any atom is -0.493 e. The second kappa shape index (κ2) is 8.96. The molecular formula is C20H19BrFNO4S. The van der Waals surface area contributed by atoms with E-state index in [1.165, 1.54) is 24.1 Å². The summed E-state index contributed by atoms with van der Waals surface area (Å²) in [4.78, 5) is 25.5. The first-order chi connectivity index (χ1) is 13.4. The molecule has 3 rings (SSSR count). The SMILES string of the molecule is CCN1C(=O)S[C@H](Cc2cc(OC)c(OCc3ccc(F)cc3)cc2Br)C1=O. The number of thioether (sulfide) groups is 1. The lowest BCUT2D eigenvalue weighted by Gasteiger charge is -2.15. The Morgan fingerprint density at radius 2 is 1.89 bits per heavy atom. The Hall–Kier alpha value is -2.06. The number of carbonyl (C=O) groups is 2. The molecule has 2 aromatic rings. The normalized spacial score (nSPS) is 16.6. The van der Waals surface area contributed by atoms with Crippen molar-refractivity contribution < 1.29 is 23.5 Å². The Morgan fingerprint density at radius 3 is 2.50 bits per heavy atom. The summed E-state index contributed by atoms with van der Waals surface area (Å²) in [7, 11) is 1.54. The molecule has 0 radical (unpaired) electrons. The fraction of sp³-hybridized carbons (Fsp3) is 0.300.